The van der Waals surface area contributed by atoms with Crippen molar-refractivity contribution in [2.75, 3.05) is 18.4 Å². The van der Waals surface area contributed by atoms with Crippen molar-refractivity contribution in [1.82, 2.24) is 4.90 Å². The predicted octanol–water partition coefficient (Wildman–Crippen LogP) is 1.86. The summed E-state index contributed by atoms with van der Waals surface area (Å²) < 4.78 is 15.2. The van der Waals surface area contributed by atoms with Crippen LogP contribution in [-0.2, 0) is 6.54 Å². The number of nitrogens with two attached hydrogens (primary N) is 2. The Morgan fingerprint density at radius 3 is 2.70 bits per heavy atom. The third-order valence-corrected chi connectivity index (χ3v) is 5.26. The van der Waals surface area contributed by atoms with Crippen LogP contribution in [0.15, 0.2) is 53.5 Å². The quantitative estimate of drug-likeness (QED) is 0.755. The summed E-state index contributed by atoms with van der Waals surface area (Å²) in [4.78, 5) is 18.7. The summed E-state index contributed by atoms with van der Waals surface area (Å²) in [5.74, 6) is 0.133. The first-order chi connectivity index (χ1) is 13.0. The average Bonchev–Trinajstić information content (AvgIpc) is 2.70. The SMILES string of the molecule is NCc1ccc(C(=O)N2CCC3(N=C(N)c4ccccc4N3)C(F)C2)cc1. The van der Waals surface area contributed by atoms with Crippen LogP contribution in [0.25, 0.3) is 0 Å². The number of amidine groups is 1. The van der Waals surface area contributed by atoms with Crippen molar-refractivity contribution < 1.29 is 9.18 Å². The van der Waals surface area contributed by atoms with Gasteiger partial charge in [-0.15, -0.1) is 0 Å². The Hall–Kier alpha value is -2.93. The Bertz CT molecular complexity index is 898. The molecule has 1 amide bonds. The molecule has 2 aliphatic rings. The van der Waals surface area contributed by atoms with Crippen LogP contribution in [0.1, 0.15) is 27.9 Å². The highest BCUT2D eigenvalue weighted by Crippen LogP contribution is 2.36. The lowest BCUT2D eigenvalue weighted by Gasteiger charge is -2.44. The molecule has 2 aliphatic heterocycles. The maximum Gasteiger partial charge on any atom is 0.253 e. The van der Waals surface area contributed by atoms with Crippen LogP contribution < -0.4 is 16.8 Å². The van der Waals surface area contributed by atoms with Gasteiger partial charge in [-0.2, -0.15) is 0 Å². The fourth-order valence-electron chi connectivity index (χ4n) is 3.67. The lowest BCUT2D eigenvalue weighted by atomic mass is 9.91. The van der Waals surface area contributed by atoms with Crippen LogP contribution in [0.4, 0.5) is 10.1 Å². The molecule has 6 nitrogen and oxygen atoms in total. The first kappa shape index (κ1) is 17.5. The van der Waals surface area contributed by atoms with Gasteiger partial charge in [-0.3, -0.25) is 4.79 Å². The second-order valence-corrected chi connectivity index (χ2v) is 6.96. The minimum atomic E-state index is -1.37. The van der Waals surface area contributed by atoms with Crippen LogP contribution in [0.2, 0.25) is 0 Å². The number of piperidine rings is 1. The molecule has 140 valence electrons. The molecule has 0 radical (unpaired) electrons. The average molecular weight is 367 g/mol. The zero-order valence-corrected chi connectivity index (χ0v) is 14.9. The number of fused-ring (bicyclic) bond motifs is 1. The lowest BCUT2D eigenvalue weighted by molar-refractivity contribution is 0.0494. The second kappa shape index (κ2) is 6.66. The first-order valence-corrected chi connectivity index (χ1v) is 8.98. The van der Waals surface area contributed by atoms with Gasteiger partial charge in [0.2, 0.25) is 0 Å². The molecule has 2 aromatic rings. The molecule has 1 spiro atoms. The van der Waals surface area contributed by atoms with E-state index in [9.17, 15) is 4.79 Å². The van der Waals surface area contributed by atoms with Gasteiger partial charge in [-0.05, 0) is 29.8 Å². The van der Waals surface area contributed by atoms with Crippen LogP contribution in [-0.4, -0.2) is 41.6 Å². The van der Waals surface area contributed by atoms with Gasteiger partial charge in [0.05, 0.1) is 6.54 Å². The number of carbonyl (C=O) groups is 1. The number of hydrogen-bond donors (Lipinski definition) is 3. The molecule has 0 bridgehead atoms. The Morgan fingerprint density at radius 2 is 2.00 bits per heavy atom. The van der Waals surface area contributed by atoms with E-state index in [4.69, 9.17) is 11.5 Å². The molecular formula is C20H22FN5O. The number of aliphatic imine (C=N–C) groups is 1. The molecule has 27 heavy (non-hydrogen) atoms. The Morgan fingerprint density at radius 1 is 1.26 bits per heavy atom. The maximum atomic E-state index is 15.2. The van der Waals surface area contributed by atoms with Gasteiger partial charge in [0.1, 0.15) is 5.84 Å². The molecule has 7 heteroatoms. The standard InChI is InChI=1S/C20H22FN5O/c21-17-12-26(19(27)14-7-5-13(11-22)6-8-14)10-9-20(17)24-16-4-2-1-3-15(16)18(23)25-20/h1-8,17,24H,9-12,22H2,(H2,23,25). The topological polar surface area (TPSA) is 96.7 Å². The fourth-order valence-corrected chi connectivity index (χ4v) is 3.67. The number of anilines is 1. The number of carbonyl (C=O) groups excluding carboxylic acids is 1. The van der Waals surface area contributed by atoms with E-state index in [1.807, 2.05) is 36.4 Å². The third-order valence-electron chi connectivity index (χ3n) is 5.26. The van der Waals surface area contributed by atoms with Crippen molar-refractivity contribution in [1.29, 1.82) is 0 Å². The van der Waals surface area contributed by atoms with Crippen molar-refractivity contribution in [3.8, 4) is 0 Å². The van der Waals surface area contributed by atoms with E-state index < -0.39 is 11.8 Å². The smallest absolute Gasteiger partial charge is 0.253 e. The summed E-state index contributed by atoms with van der Waals surface area (Å²) in [6.07, 6.45) is -1.03. The van der Waals surface area contributed by atoms with Gasteiger partial charge in [0.25, 0.3) is 5.91 Å². The second-order valence-electron chi connectivity index (χ2n) is 6.96. The molecule has 0 aromatic heterocycles. The number of halogens is 1. The summed E-state index contributed by atoms with van der Waals surface area (Å²) in [6, 6.07) is 14.5. The number of nitrogens with zero attached hydrogens (tertiary/aromatic N) is 2. The number of rotatable bonds is 2. The number of nitrogens with one attached hydrogen (secondary N) is 1. The normalized spacial score (nSPS) is 24.1. The van der Waals surface area contributed by atoms with Gasteiger partial charge in [0, 0.05) is 36.3 Å². The Balaban J connectivity index is 1.53. The van der Waals surface area contributed by atoms with E-state index in [0.29, 0.717) is 30.9 Å². The van der Waals surface area contributed by atoms with Crippen LogP contribution in [0.3, 0.4) is 0 Å². The van der Waals surface area contributed by atoms with E-state index in [0.717, 1.165) is 16.8 Å². The zero-order valence-electron chi connectivity index (χ0n) is 14.9. The van der Waals surface area contributed by atoms with Gasteiger partial charge in [-0.25, -0.2) is 9.38 Å². The van der Waals surface area contributed by atoms with Gasteiger partial charge < -0.3 is 21.7 Å². The summed E-state index contributed by atoms with van der Waals surface area (Å²) in [5.41, 5.74) is 13.6. The van der Waals surface area contributed by atoms with Crippen LogP contribution in [0.5, 0.6) is 0 Å². The Labute approximate surface area is 157 Å². The van der Waals surface area contributed by atoms with Crippen molar-refractivity contribution in [3.05, 3.63) is 65.2 Å². The number of likely N-dealkylation sites (tertiary alicyclic amines) is 1. The van der Waals surface area contributed by atoms with E-state index >= 15 is 4.39 Å². The largest absolute Gasteiger partial charge is 0.383 e. The number of alkyl halides is 1. The molecule has 0 aliphatic carbocycles. The molecule has 2 unspecified atom stereocenters. The predicted molar refractivity (Wildman–Crippen MR) is 103 cm³/mol. The van der Waals surface area contributed by atoms with Crippen molar-refractivity contribution in [2.24, 2.45) is 16.5 Å². The summed E-state index contributed by atoms with van der Waals surface area (Å²) in [7, 11) is 0. The highest BCUT2D eigenvalue weighted by atomic mass is 19.1. The highest BCUT2D eigenvalue weighted by Gasteiger charge is 2.47. The molecule has 2 atom stereocenters. The van der Waals surface area contributed by atoms with Crippen molar-refractivity contribution >= 4 is 17.4 Å². The zero-order chi connectivity index (χ0) is 19.0. The van der Waals surface area contributed by atoms with Gasteiger partial charge >= 0.3 is 0 Å². The molecule has 5 N–H and O–H groups in total. The van der Waals surface area contributed by atoms with E-state index in [2.05, 4.69) is 10.3 Å². The summed E-state index contributed by atoms with van der Waals surface area (Å²) >= 11 is 0. The molecule has 1 saturated heterocycles. The van der Waals surface area contributed by atoms with E-state index in [-0.39, 0.29) is 12.5 Å². The minimum Gasteiger partial charge on any atom is -0.383 e. The highest BCUT2D eigenvalue weighted by molar-refractivity contribution is 6.04. The third kappa shape index (κ3) is 3.04. The molecular weight excluding hydrogens is 345 g/mol. The van der Waals surface area contributed by atoms with Crippen LogP contribution >= 0.6 is 0 Å². The summed E-state index contributed by atoms with van der Waals surface area (Å²) in [5, 5.41) is 3.21. The van der Waals surface area contributed by atoms with Gasteiger partial charge in [0.15, 0.2) is 11.8 Å². The van der Waals surface area contributed by atoms with Gasteiger partial charge in [-0.1, -0.05) is 24.3 Å². The fraction of sp³-hybridized carbons (Fsp3) is 0.300. The molecule has 0 saturated carbocycles. The van der Waals surface area contributed by atoms with E-state index in [1.165, 1.54) is 4.90 Å². The number of benzene rings is 2. The number of hydrogen-bond acceptors (Lipinski definition) is 5. The van der Waals surface area contributed by atoms with E-state index in [1.54, 1.807) is 12.1 Å². The van der Waals surface area contributed by atoms with Crippen molar-refractivity contribution in [3.63, 3.8) is 0 Å². The monoisotopic (exact) mass is 367 g/mol. The number of amides is 1. The molecule has 2 heterocycles. The Kier molecular flexibility index (Phi) is 4.31. The van der Waals surface area contributed by atoms with Crippen molar-refractivity contribution in [2.45, 2.75) is 24.8 Å². The lowest BCUT2D eigenvalue weighted by Crippen LogP contribution is -2.59. The minimum absolute atomic E-state index is 0.0383. The molecule has 4 rings (SSSR count). The number of para-hydroxylation sites is 1. The molecule has 1 fully saturated rings. The first-order valence-electron chi connectivity index (χ1n) is 8.98. The van der Waals surface area contributed by atoms with Crippen LogP contribution in [0, 0.1) is 0 Å². The summed E-state index contributed by atoms with van der Waals surface area (Å²) in [6.45, 7) is 0.771. The molecule has 2 aromatic carbocycles. The maximum absolute atomic E-state index is 15.2.